The molecule has 27 heavy (non-hydrogen) atoms. The molecule has 0 saturated heterocycles. The van der Waals surface area contributed by atoms with Crippen molar-refractivity contribution in [1.82, 2.24) is 20.8 Å². The lowest BCUT2D eigenvalue weighted by Crippen LogP contribution is -2.42. The van der Waals surface area contributed by atoms with Gasteiger partial charge in [-0.05, 0) is 42.9 Å². The Labute approximate surface area is 163 Å². The molecule has 0 unspecified atom stereocenters. The predicted molar refractivity (Wildman–Crippen MR) is 104 cm³/mol. The van der Waals surface area contributed by atoms with Gasteiger partial charge < -0.3 is 4.42 Å². The highest BCUT2D eigenvalue weighted by Gasteiger charge is 2.23. The second kappa shape index (κ2) is 7.69. The maximum Gasteiger partial charge on any atom is 0.305 e. The van der Waals surface area contributed by atoms with Gasteiger partial charge in [0.05, 0.1) is 12.0 Å². The molecule has 0 bridgehead atoms. The fraction of sp³-hybridized carbons (Fsp3) is 0.333. The fourth-order valence-corrected chi connectivity index (χ4v) is 5.36. The highest BCUT2D eigenvalue weighted by molar-refractivity contribution is 8.00. The summed E-state index contributed by atoms with van der Waals surface area (Å²) < 4.78 is 4.97. The van der Waals surface area contributed by atoms with E-state index in [9.17, 15) is 9.59 Å². The number of hydrazine groups is 1. The van der Waals surface area contributed by atoms with E-state index in [0.29, 0.717) is 5.92 Å². The van der Waals surface area contributed by atoms with Crippen LogP contribution in [0.4, 0.5) is 0 Å². The predicted octanol–water partition coefficient (Wildman–Crippen LogP) is 2.96. The number of hydrogen-bond donors (Lipinski definition) is 2. The van der Waals surface area contributed by atoms with E-state index < -0.39 is 5.91 Å². The second-order valence-corrected chi connectivity index (χ2v) is 8.53. The van der Waals surface area contributed by atoms with E-state index in [0.717, 1.165) is 34.5 Å². The summed E-state index contributed by atoms with van der Waals surface area (Å²) in [5.74, 6) is 0.164. The van der Waals surface area contributed by atoms with Crippen molar-refractivity contribution in [3.05, 3.63) is 40.9 Å². The zero-order valence-electron chi connectivity index (χ0n) is 14.7. The van der Waals surface area contributed by atoms with Crippen molar-refractivity contribution < 1.29 is 14.0 Å². The number of hydrogen-bond acceptors (Lipinski definition) is 7. The van der Waals surface area contributed by atoms with E-state index in [-0.39, 0.29) is 17.4 Å². The van der Waals surface area contributed by atoms with Gasteiger partial charge in [-0.2, -0.15) is 0 Å². The van der Waals surface area contributed by atoms with Gasteiger partial charge in [-0.25, -0.2) is 9.97 Å². The molecule has 4 rings (SSSR count). The van der Waals surface area contributed by atoms with Crippen LogP contribution in [-0.2, 0) is 17.6 Å². The van der Waals surface area contributed by atoms with Gasteiger partial charge in [0.2, 0.25) is 5.91 Å². The lowest BCUT2D eigenvalue weighted by atomic mass is 9.89. The molecule has 3 aromatic rings. The van der Waals surface area contributed by atoms with E-state index in [1.807, 2.05) is 0 Å². The first-order chi connectivity index (χ1) is 13.1. The number of carbonyl (C=O) groups is 2. The minimum absolute atomic E-state index is 0.139. The van der Waals surface area contributed by atoms with E-state index in [1.54, 1.807) is 23.7 Å². The average Bonchev–Trinajstić information content (AvgIpc) is 3.31. The van der Waals surface area contributed by atoms with Crippen molar-refractivity contribution >= 4 is 45.1 Å². The third-order valence-corrected chi connectivity index (χ3v) is 6.61. The number of aromatic nitrogens is 2. The summed E-state index contributed by atoms with van der Waals surface area (Å²) in [7, 11) is 0. The van der Waals surface area contributed by atoms with Crippen LogP contribution in [0.2, 0.25) is 0 Å². The molecule has 3 heterocycles. The smallest absolute Gasteiger partial charge is 0.305 e. The van der Waals surface area contributed by atoms with Gasteiger partial charge >= 0.3 is 5.91 Å². The number of thioether (sulfide) groups is 1. The summed E-state index contributed by atoms with van der Waals surface area (Å²) in [4.78, 5) is 35.0. The number of furan rings is 1. The third kappa shape index (κ3) is 3.84. The molecule has 0 aromatic carbocycles. The SMILES string of the molecule is C[C@@H]1CCc2c(sc3ncnc(SCC(=O)NNC(=O)c4ccco4)c23)C1. The summed E-state index contributed by atoms with van der Waals surface area (Å²) in [6, 6.07) is 3.13. The molecular weight excluding hydrogens is 384 g/mol. The van der Waals surface area contributed by atoms with Gasteiger partial charge in [0.1, 0.15) is 16.2 Å². The van der Waals surface area contributed by atoms with Crippen LogP contribution >= 0.6 is 23.1 Å². The molecule has 0 radical (unpaired) electrons. The number of thiophene rings is 1. The Morgan fingerprint density at radius 1 is 1.37 bits per heavy atom. The molecule has 2 N–H and O–H groups in total. The summed E-state index contributed by atoms with van der Waals surface area (Å²) in [6.45, 7) is 2.27. The van der Waals surface area contributed by atoms with Crippen LogP contribution < -0.4 is 10.9 Å². The van der Waals surface area contributed by atoms with E-state index in [2.05, 4.69) is 27.7 Å². The lowest BCUT2D eigenvalue weighted by molar-refractivity contribution is -0.119. The van der Waals surface area contributed by atoms with Gasteiger partial charge in [0.25, 0.3) is 0 Å². The number of fused-ring (bicyclic) bond motifs is 3. The van der Waals surface area contributed by atoms with Crippen molar-refractivity contribution in [3.63, 3.8) is 0 Å². The van der Waals surface area contributed by atoms with Crippen LogP contribution in [0, 0.1) is 5.92 Å². The standard InChI is InChI=1S/C18H18N4O3S2/c1-10-4-5-11-13(7-10)27-18-15(11)17(19-9-20-18)26-8-14(23)21-22-16(24)12-3-2-6-25-12/h2-3,6,9-10H,4-5,7-8H2,1H3,(H,21,23)(H,22,24)/t10-/m1/s1. The first kappa shape index (κ1) is 18.0. The summed E-state index contributed by atoms with van der Waals surface area (Å²) >= 11 is 3.09. The Balaban J connectivity index is 1.41. The number of nitrogens with zero attached hydrogens (tertiary/aromatic N) is 2. The van der Waals surface area contributed by atoms with Crippen molar-refractivity contribution in [1.29, 1.82) is 0 Å². The first-order valence-electron chi connectivity index (χ1n) is 8.62. The quantitative estimate of drug-likeness (QED) is 0.396. The molecule has 0 aliphatic heterocycles. The number of nitrogens with one attached hydrogen (secondary N) is 2. The first-order valence-corrected chi connectivity index (χ1v) is 10.4. The Morgan fingerprint density at radius 2 is 2.26 bits per heavy atom. The molecular formula is C18H18N4O3S2. The van der Waals surface area contributed by atoms with Gasteiger partial charge in [-0.15, -0.1) is 11.3 Å². The van der Waals surface area contributed by atoms with Crippen LogP contribution in [-0.4, -0.2) is 27.5 Å². The second-order valence-electron chi connectivity index (χ2n) is 6.48. The maximum absolute atomic E-state index is 12.1. The highest BCUT2D eigenvalue weighted by Crippen LogP contribution is 2.40. The molecule has 0 spiro atoms. The van der Waals surface area contributed by atoms with Crippen molar-refractivity contribution in [2.24, 2.45) is 5.92 Å². The van der Waals surface area contributed by atoms with Gasteiger partial charge in [-0.1, -0.05) is 18.7 Å². The molecule has 9 heteroatoms. The molecule has 0 saturated carbocycles. The number of amides is 2. The normalized spacial score (nSPS) is 16.1. The zero-order chi connectivity index (χ0) is 18.8. The monoisotopic (exact) mass is 402 g/mol. The Kier molecular flexibility index (Phi) is 5.13. The van der Waals surface area contributed by atoms with Gasteiger partial charge in [0.15, 0.2) is 5.76 Å². The number of carbonyl (C=O) groups excluding carboxylic acids is 2. The van der Waals surface area contributed by atoms with Gasteiger partial charge in [0, 0.05) is 10.3 Å². The van der Waals surface area contributed by atoms with Crippen molar-refractivity contribution in [2.75, 3.05) is 5.75 Å². The summed E-state index contributed by atoms with van der Waals surface area (Å²) in [6.07, 6.45) is 6.22. The molecule has 1 atom stereocenters. The molecule has 1 aliphatic rings. The van der Waals surface area contributed by atoms with Crippen LogP contribution in [0.25, 0.3) is 10.2 Å². The van der Waals surface area contributed by atoms with Crippen molar-refractivity contribution in [3.8, 4) is 0 Å². The molecule has 0 fully saturated rings. The van der Waals surface area contributed by atoms with Gasteiger partial charge in [-0.3, -0.25) is 20.4 Å². The van der Waals surface area contributed by atoms with Crippen molar-refractivity contribution in [2.45, 2.75) is 31.2 Å². The van der Waals surface area contributed by atoms with Crippen LogP contribution in [0.5, 0.6) is 0 Å². The summed E-state index contributed by atoms with van der Waals surface area (Å²) in [5.41, 5.74) is 6.06. The fourth-order valence-electron chi connectivity index (χ4n) is 3.12. The molecule has 3 aromatic heterocycles. The minimum Gasteiger partial charge on any atom is -0.459 e. The number of aryl methyl sites for hydroxylation is 1. The summed E-state index contributed by atoms with van der Waals surface area (Å²) in [5, 5.41) is 1.90. The molecule has 7 nitrogen and oxygen atoms in total. The van der Waals surface area contributed by atoms with E-state index in [4.69, 9.17) is 4.42 Å². The lowest BCUT2D eigenvalue weighted by Gasteiger charge is -2.18. The molecule has 2 amide bonds. The topological polar surface area (TPSA) is 97.1 Å². The largest absolute Gasteiger partial charge is 0.459 e. The zero-order valence-corrected chi connectivity index (χ0v) is 16.3. The van der Waals surface area contributed by atoms with E-state index in [1.165, 1.54) is 34.5 Å². The Bertz CT molecular complexity index is 984. The Morgan fingerprint density at radius 3 is 3.07 bits per heavy atom. The highest BCUT2D eigenvalue weighted by atomic mass is 32.2. The van der Waals surface area contributed by atoms with Crippen LogP contribution in [0.3, 0.4) is 0 Å². The van der Waals surface area contributed by atoms with Crippen LogP contribution in [0.1, 0.15) is 34.3 Å². The average molecular weight is 403 g/mol. The molecule has 140 valence electrons. The number of rotatable bonds is 4. The van der Waals surface area contributed by atoms with Crippen LogP contribution in [0.15, 0.2) is 34.2 Å². The maximum atomic E-state index is 12.1. The van der Waals surface area contributed by atoms with E-state index >= 15 is 0 Å². The Hall–Kier alpha value is -2.39. The minimum atomic E-state index is -0.496. The third-order valence-electron chi connectivity index (χ3n) is 4.46. The molecule has 1 aliphatic carbocycles.